The summed E-state index contributed by atoms with van der Waals surface area (Å²) in [5, 5.41) is 4.67. The van der Waals surface area contributed by atoms with E-state index in [-0.39, 0.29) is 0 Å². The van der Waals surface area contributed by atoms with Crippen molar-refractivity contribution in [3.63, 3.8) is 0 Å². The summed E-state index contributed by atoms with van der Waals surface area (Å²) in [6.45, 7) is 3.27. The van der Waals surface area contributed by atoms with E-state index in [1.165, 1.54) is 37.7 Å². The lowest BCUT2D eigenvalue weighted by molar-refractivity contribution is -0.0523. The van der Waals surface area contributed by atoms with E-state index in [1.807, 2.05) is 6.07 Å². The fourth-order valence-corrected chi connectivity index (χ4v) is 6.11. The van der Waals surface area contributed by atoms with E-state index in [9.17, 15) is 0 Å². The summed E-state index contributed by atoms with van der Waals surface area (Å²) < 4.78 is 0. The fraction of sp³-hybridized carbons (Fsp3) is 0.684. The standard InChI is InChI=1S/C19H26ClN/c1-2-21-19(14-4-3-5-17(20)11-14)18-15-7-12-6-13(9-15)10-16(18)8-12/h3-5,11-13,15-16,18-19,21H,2,6-10H2,1H3. The average molecular weight is 304 g/mol. The molecule has 0 radical (unpaired) electrons. The molecule has 4 aliphatic rings. The van der Waals surface area contributed by atoms with E-state index >= 15 is 0 Å². The van der Waals surface area contributed by atoms with E-state index < -0.39 is 0 Å². The first-order valence-electron chi connectivity index (χ1n) is 8.73. The maximum absolute atomic E-state index is 6.25. The summed E-state index contributed by atoms with van der Waals surface area (Å²) in [7, 11) is 0. The number of hydrogen-bond acceptors (Lipinski definition) is 1. The number of hydrogen-bond donors (Lipinski definition) is 1. The molecule has 0 heterocycles. The Morgan fingerprint density at radius 3 is 2.33 bits per heavy atom. The largest absolute Gasteiger partial charge is 0.310 e. The molecule has 0 amide bonds. The third-order valence-electron chi connectivity index (χ3n) is 6.32. The molecule has 1 nitrogen and oxygen atoms in total. The van der Waals surface area contributed by atoms with Crippen molar-refractivity contribution in [2.45, 2.75) is 45.1 Å². The van der Waals surface area contributed by atoms with Gasteiger partial charge >= 0.3 is 0 Å². The monoisotopic (exact) mass is 303 g/mol. The van der Waals surface area contributed by atoms with E-state index in [1.54, 1.807) is 0 Å². The molecule has 4 saturated carbocycles. The van der Waals surface area contributed by atoms with Crippen molar-refractivity contribution < 1.29 is 0 Å². The van der Waals surface area contributed by atoms with Crippen molar-refractivity contribution in [2.24, 2.45) is 29.6 Å². The molecular formula is C19H26ClN. The van der Waals surface area contributed by atoms with Gasteiger partial charge in [-0.2, -0.15) is 0 Å². The second kappa shape index (κ2) is 5.59. The topological polar surface area (TPSA) is 12.0 Å². The second-order valence-corrected chi connectivity index (χ2v) is 8.03. The Morgan fingerprint density at radius 1 is 1.10 bits per heavy atom. The number of benzene rings is 1. The molecule has 1 aromatic carbocycles. The molecule has 0 saturated heterocycles. The lowest BCUT2D eigenvalue weighted by atomic mass is 9.50. The van der Waals surface area contributed by atoms with Gasteiger partial charge in [0.05, 0.1) is 0 Å². The van der Waals surface area contributed by atoms with Crippen LogP contribution in [0.3, 0.4) is 0 Å². The van der Waals surface area contributed by atoms with Crippen LogP contribution < -0.4 is 5.32 Å². The van der Waals surface area contributed by atoms with Crippen LogP contribution >= 0.6 is 11.6 Å². The number of halogens is 1. The van der Waals surface area contributed by atoms with Gasteiger partial charge in [0, 0.05) is 11.1 Å². The van der Waals surface area contributed by atoms with Gasteiger partial charge in [0.15, 0.2) is 0 Å². The predicted molar refractivity (Wildman–Crippen MR) is 88.4 cm³/mol. The van der Waals surface area contributed by atoms with Crippen molar-refractivity contribution in [3.05, 3.63) is 34.9 Å². The van der Waals surface area contributed by atoms with Crippen molar-refractivity contribution >= 4 is 11.6 Å². The molecule has 1 aromatic rings. The molecule has 0 aromatic heterocycles. The van der Waals surface area contributed by atoms with E-state index in [2.05, 4.69) is 30.4 Å². The zero-order valence-electron chi connectivity index (χ0n) is 12.9. The third-order valence-corrected chi connectivity index (χ3v) is 6.55. The maximum Gasteiger partial charge on any atom is 0.0409 e. The highest BCUT2D eigenvalue weighted by atomic mass is 35.5. The van der Waals surface area contributed by atoms with Gasteiger partial charge in [-0.1, -0.05) is 30.7 Å². The highest BCUT2D eigenvalue weighted by Gasteiger charge is 2.50. The molecule has 2 heteroatoms. The highest BCUT2D eigenvalue weighted by Crippen LogP contribution is 2.59. The molecule has 1 N–H and O–H groups in total. The van der Waals surface area contributed by atoms with Crippen LogP contribution in [0.5, 0.6) is 0 Å². The van der Waals surface area contributed by atoms with Crippen LogP contribution in [0.1, 0.15) is 50.6 Å². The Morgan fingerprint density at radius 2 is 1.76 bits per heavy atom. The number of rotatable bonds is 4. The Kier molecular flexibility index (Phi) is 3.75. The molecular weight excluding hydrogens is 278 g/mol. The van der Waals surface area contributed by atoms with Gasteiger partial charge < -0.3 is 5.32 Å². The molecule has 0 spiro atoms. The number of nitrogens with one attached hydrogen (secondary N) is 1. The van der Waals surface area contributed by atoms with Gasteiger partial charge in [-0.15, -0.1) is 0 Å². The zero-order valence-corrected chi connectivity index (χ0v) is 13.7. The van der Waals surface area contributed by atoms with Gasteiger partial charge in [0.1, 0.15) is 0 Å². The quantitative estimate of drug-likeness (QED) is 0.819. The van der Waals surface area contributed by atoms with Crippen molar-refractivity contribution in [3.8, 4) is 0 Å². The molecule has 4 fully saturated rings. The minimum Gasteiger partial charge on any atom is -0.310 e. The van der Waals surface area contributed by atoms with Crippen molar-refractivity contribution in [2.75, 3.05) is 6.54 Å². The van der Waals surface area contributed by atoms with E-state index in [0.717, 1.165) is 41.2 Å². The zero-order chi connectivity index (χ0) is 14.4. The van der Waals surface area contributed by atoms with E-state index in [4.69, 9.17) is 11.6 Å². The van der Waals surface area contributed by atoms with Gasteiger partial charge in [0.2, 0.25) is 0 Å². The minimum absolute atomic E-state index is 0.503. The molecule has 4 aliphatic carbocycles. The Balaban J connectivity index is 1.65. The average Bonchev–Trinajstić information content (AvgIpc) is 2.45. The molecule has 5 rings (SSSR count). The van der Waals surface area contributed by atoms with Gasteiger partial charge in [-0.25, -0.2) is 0 Å². The first-order valence-corrected chi connectivity index (χ1v) is 9.11. The second-order valence-electron chi connectivity index (χ2n) is 7.60. The SMILES string of the molecule is CCNC(c1cccc(Cl)c1)C1C2CC3CC(C2)CC1C3. The normalized spacial score (nSPS) is 38.7. The first kappa shape index (κ1) is 14.1. The summed E-state index contributed by atoms with van der Waals surface area (Å²) in [4.78, 5) is 0. The Bertz CT molecular complexity index is 484. The molecule has 4 bridgehead atoms. The van der Waals surface area contributed by atoms with Crippen LogP contribution in [0.2, 0.25) is 5.02 Å². The van der Waals surface area contributed by atoms with Crippen molar-refractivity contribution in [1.82, 2.24) is 5.32 Å². The van der Waals surface area contributed by atoms with Crippen LogP contribution in [0, 0.1) is 29.6 Å². The summed E-state index contributed by atoms with van der Waals surface area (Å²) in [6, 6.07) is 9.05. The lowest BCUT2D eigenvalue weighted by Gasteiger charge is -2.56. The van der Waals surface area contributed by atoms with Gasteiger partial charge in [-0.3, -0.25) is 0 Å². The fourth-order valence-electron chi connectivity index (χ4n) is 5.91. The van der Waals surface area contributed by atoms with Crippen LogP contribution in [-0.4, -0.2) is 6.54 Å². The molecule has 1 unspecified atom stereocenters. The lowest BCUT2D eigenvalue weighted by Crippen LogP contribution is -2.49. The third kappa shape index (κ3) is 2.53. The van der Waals surface area contributed by atoms with Crippen LogP contribution in [0.15, 0.2) is 24.3 Å². The summed E-state index contributed by atoms with van der Waals surface area (Å²) >= 11 is 6.25. The van der Waals surface area contributed by atoms with Crippen molar-refractivity contribution in [1.29, 1.82) is 0 Å². The highest BCUT2D eigenvalue weighted by molar-refractivity contribution is 6.30. The van der Waals surface area contributed by atoms with Gasteiger partial charge in [0.25, 0.3) is 0 Å². The minimum atomic E-state index is 0.503. The van der Waals surface area contributed by atoms with Crippen LogP contribution in [0.4, 0.5) is 0 Å². The molecule has 1 atom stereocenters. The Hall–Kier alpha value is -0.530. The maximum atomic E-state index is 6.25. The van der Waals surface area contributed by atoms with Crippen LogP contribution in [0.25, 0.3) is 0 Å². The summed E-state index contributed by atoms with van der Waals surface area (Å²) in [5.74, 6) is 4.82. The molecule has 21 heavy (non-hydrogen) atoms. The van der Waals surface area contributed by atoms with Gasteiger partial charge in [-0.05, 0) is 85.9 Å². The van der Waals surface area contributed by atoms with E-state index in [0.29, 0.717) is 6.04 Å². The first-order chi connectivity index (χ1) is 10.2. The van der Waals surface area contributed by atoms with Crippen LogP contribution in [-0.2, 0) is 0 Å². The smallest absolute Gasteiger partial charge is 0.0409 e. The summed E-state index contributed by atoms with van der Waals surface area (Å²) in [6.07, 6.45) is 7.48. The summed E-state index contributed by atoms with van der Waals surface area (Å²) in [5.41, 5.74) is 1.40. The Labute approximate surface area is 133 Å². The molecule has 0 aliphatic heterocycles. The predicted octanol–water partition coefficient (Wildman–Crippen LogP) is 5.06. The molecule has 114 valence electrons.